The fourth-order valence-electron chi connectivity index (χ4n) is 2.67. The second-order valence-corrected chi connectivity index (χ2v) is 9.78. The highest BCUT2D eigenvalue weighted by molar-refractivity contribution is 7.90. The lowest BCUT2D eigenvalue weighted by atomic mass is 10.2. The molecule has 0 aliphatic heterocycles. The summed E-state index contributed by atoms with van der Waals surface area (Å²) in [6.07, 6.45) is 1.15. The number of unbranched alkanes of at least 4 members (excludes halogenated alkanes) is 2. The van der Waals surface area contributed by atoms with Crippen LogP contribution in [-0.2, 0) is 20.0 Å². The highest BCUT2D eigenvalue weighted by atomic mass is 32.2. The summed E-state index contributed by atoms with van der Waals surface area (Å²) in [6, 6.07) is 9.95. The first-order chi connectivity index (χ1) is 14.6. The molecule has 14 heteroatoms. The maximum atomic E-state index is 12.3. The molecular formula is C17H20N4O8S2. The molecule has 2 aromatic carbocycles. The third-order valence-electron chi connectivity index (χ3n) is 4.14. The van der Waals surface area contributed by atoms with E-state index in [-0.39, 0.29) is 13.1 Å². The van der Waals surface area contributed by atoms with Crippen molar-refractivity contribution < 1.29 is 26.7 Å². The highest BCUT2D eigenvalue weighted by Gasteiger charge is 2.25. The molecule has 2 N–H and O–H groups in total. The maximum absolute atomic E-state index is 12.3. The number of rotatable bonds is 12. The van der Waals surface area contributed by atoms with Crippen molar-refractivity contribution in [2.75, 3.05) is 13.1 Å². The van der Waals surface area contributed by atoms with Crippen LogP contribution in [0, 0.1) is 20.2 Å². The second kappa shape index (κ2) is 10.4. The molecule has 168 valence electrons. The monoisotopic (exact) mass is 472 g/mol. The van der Waals surface area contributed by atoms with Crippen molar-refractivity contribution in [1.29, 1.82) is 0 Å². The summed E-state index contributed by atoms with van der Waals surface area (Å²) >= 11 is 0. The number of sulfonamides is 2. The molecular weight excluding hydrogens is 452 g/mol. The Bertz CT molecular complexity index is 1070. The predicted molar refractivity (Wildman–Crippen MR) is 110 cm³/mol. The van der Waals surface area contributed by atoms with Crippen LogP contribution in [0.3, 0.4) is 0 Å². The van der Waals surface area contributed by atoms with E-state index >= 15 is 0 Å². The Morgan fingerprint density at radius 2 is 1.00 bits per heavy atom. The third kappa shape index (κ3) is 6.52. The van der Waals surface area contributed by atoms with Gasteiger partial charge in [0.2, 0.25) is 20.0 Å². The van der Waals surface area contributed by atoms with E-state index in [1.54, 1.807) is 0 Å². The lowest BCUT2D eigenvalue weighted by Gasteiger charge is -2.08. The van der Waals surface area contributed by atoms with Crippen LogP contribution in [-0.4, -0.2) is 39.8 Å². The van der Waals surface area contributed by atoms with Gasteiger partial charge in [-0.2, -0.15) is 0 Å². The van der Waals surface area contributed by atoms with E-state index < -0.39 is 51.1 Å². The van der Waals surface area contributed by atoms with Crippen LogP contribution in [0.4, 0.5) is 11.4 Å². The fourth-order valence-corrected chi connectivity index (χ4v) is 5.15. The van der Waals surface area contributed by atoms with Gasteiger partial charge in [0.15, 0.2) is 9.79 Å². The Labute approximate surface area is 178 Å². The zero-order chi connectivity index (χ0) is 23.1. The molecule has 12 nitrogen and oxygen atoms in total. The molecule has 0 saturated heterocycles. The summed E-state index contributed by atoms with van der Waals surface area (Å²) in [6.45, 7) is 0.0105. The van der Waals surface area contributed by atoms with Gasteiger partial charge in [-0.05, 0) is 25.0 Å². The minimum Gasteiger partial charge on any atom is -0.258 e. The highest BCUT2D eigenvalue weighted by Crippen LogP contribution is 2.23. The Balaban J connectivity index is 1.82. The second-order valence-electron chi connectivity index (χ2n) is 6.31. The molecule has 0 radical (unpaired) electrons. The van der Waals surface area contributed by atoms with E-state index in [0.29, 0.717) is 19.3 Å². The van der Waals surface area contributed by atoms with E-state index in [0.717, 1.165) is 24.3 Å². The molecule has 0 amide bonds. The number of nitro benzene ring substituents is 2. The summed E-state index contributed by atoms with van der Waals surface area (Å²) in [5, 5.41) is 22.0. The van der Waals surface area contributed by atoms with Crippen molar-refractivity contribution in [2.24, 2.45) is 0 Å². The van der Waals surface area contributed by atoms with Crippen molar-refractivity contribution in [1.82, 2.24) is 9.44 Å². The van der Waals surface area contributed by atoms with Crippen LogP contribution in [0.1, 0.15) is 19.3 Å². The smallest absolute Gasteiger partial charge is 0.258 e. The number of para-hydroxylation sites is 2. The molecule has 0 aliphatic rings. The summed E-state index contributed by atoms with van der Waals surface area (Å²) in [7, 11) is -8.14. The minimum atomic E-state index is -4.07. The van der Waals surface area contributed by atoms with Crippen molar-refractivity contribution >= 4 is 31.4 Å². The van der Waals surface area contributed by atoms with Gasteiger partial charge in [0.25, 0.3) is 11.4 Å². The van der Waals surface area contributed by atoms with Gasteiger partial charge in [-0.3, -0.25) is 20.2 Å². The maximum Gasteiger partial charge on any atom is 0.289 e. The minimum absolute atomic E-state index is 0.00525. The largest absolute Gasteiger partial charge is 0.289 e. The van der Waals surface area contributed by atoms with E-state index in [4.69, 9.17) is 0 Å². The van der Waals surface area contributed by atoms with Crippen molar-refractivity contribution in [3.8, 4) is 0 Å². The van der Waals surface area contributed by atoms with Crippen molar-refractivity contribution in [3.63, 3.8) is 0 Å². The van der Waals surface area contributed by atoms with E-state index in [1.807, 2.05) is 0 Å². The van der Waals surface area contributed by atoms with Gasteiger partial charge in [0, 0.05) is 25.2 Å². The number of benzene rings is 2. The first kappa shape index (κ1) is 24.3. The first-order valence-corrected chi connectivity index (χ1v) is 12.0. The van der Waals surface area contributed by atoms with Gasteiger partial charge in [0.05, 0.1) is 9.85 Å². The van der Waals surface area contributed by atoms with Gasteiger partial charge in [-0.25, -0.2) is 26.3 Å². The quantitative estimate of drug-likeness (QED) is 0.267. The van der Waals surface area contributed by atoms with Gasteiger partial charge in [-0.1, -0.05) is 30.7 Å². The van der Waals surface area contributed by atoms with Gasteiger partial charge in [-0.15, -0.1) is 0 Å². The number of hydrogen-bond acceptors (Lipinski definition) is 8. The molecule has 2 rings (SSSR count). The Morgan fingerprint density at radius 3 is 1.35 bits per heavy atom. The zero-order valence-corrected chi connectivity index (χ0v) is 17.8. The predicted octanol–water partition coefficient (Wildman–Crippen LogP) is 1.93. The summed E-state index contributed by atoms with van der Waals surface area (Å²) in [5.41, 5.74) is -1.06. The van der Waals surface area contributed by atoms with Crippen LogP contribution < -0.4 is 9.44 Å². The average molecular weight is 473 g/mol. The van der Waals surface area contributed by atoms with Crippen LogP contribution in [0.25, 0.3) is 0 Å². The molecule has 0 saturated carbocycles. The molecule has 0 unspecified atom stereocenters. The van der Waals surface area contributed by atoms with Crippen LogP contribution in [0.2, 0.25) is 0 Å². The molecule has 0 heterocycles. The molecule has 2 aromatic rings. The van der Waals surface area contributed by atoms with Crippen molar-refractivity contribution in [3.05, 3.63) is 68.8 Å². The lowest BCUT2D eigenvalue weighted by Crippen LogP contribution is -2.27. The first-order valence-electron chi connectivity index (χ1n) is 9.02. The summed E-state index contributed by atoms with van der Waals surface area (Å²) in [5.74, 6) is 0. The molecule has 0 atom stereocenters. The molecule has 0 bridgehead atoms. The third-order valence-corrected chi connectivity index (χ3v) is 7.16. The van der Waals surface area contributed by atoms with Crippen LogP contribution in [0.5, 0.6) is 0 Å². The van der Waals surface area contributed by atoms with E-state index in [1.165, 1.54) is 24.3 Å². The fraction of sp³-hybridized carbons (Fsp3) is 0.294. The number of nitro groups is 2. The average Bonchev–Trinajstić information content (AvgIpc) is 2.73. The van der Waals surface area contributed by atoms with Gasteiger partial charge in [0.1, 0.15) is 0 Å². The summed E-state index contributed by atoms with van der Waals surface area (Å²) < 4.78 is 53.6. The number of nitrogens with zero attached hydrogens (tertiary/aromatic N) is 2. The van der Waals surface area contributed by atoms with Gasteiger partial charge >= 0.3 is 0 Å². The lowest BCUT2D eigenvalue weighted by molar-refractivity contribution is -0.388. The number of hydrogen-bond donors (Lipinski definition) is 2. The van der Waals surface area contributed by atoms with Crippen molar-refractivity contribution in [2.45, 2.75) is 29.1 Å². The van der Waals surface area contributed by atoms with E-state index in [9.17, 15) is 37.1 Å². The standard InChI is InChI=1S/C17H20N4O8S2/c22-20(23)14-8-2-4-10-16(14)30(26,27)18-12-6-1-7-13-19-31(28,29)17-11-5-3-9-15(17)21(24)25/h2-5,8-11,18-19H,1,6-7,12-13H2. The Hall–Kier alpha value is -2.94. The Morgan fingerprint density at radius 1 is 0.645 bits per heavy atom. The molecule has 31 heavy (non-hydrogen) atoms. The van der Waals surface area contributed by atoms with Crippen LogP contribution in [0.15, 0.2) is 58.3 Å². The molecule has 0 aliphatic carbocycles. The van der Waals surface area contributed by atoms with E-state index in [2.05, 4.69) is 9.44 Å². The molecule has 0 fully saturated rings. The van der Waals surface area contributed by atoms with Gasteiger partial charge < -0.3 is 0 Å². The zero-order valence-electron chi connectivity index (χ0n) is 16.1. The molecule has 0 spiro atoms. The normalized spacial score (nSPS) is 11.9. The van der Waals surface area contributed by atoms with Crippen LogP contribution >= 0.6 is 0 Å². The molecule has 0 aromatic heterocycles. The Kier molecular flexibility index (Phi) is 8.15. The number of nitrogens with one attached hydrogen (secondary N) is 2. The topological polar surface area (TPSA) is 179 Å². The summed E-state index contributed by atoms with van der Waals surface area (Å²) in [4.78, 5) is 19.5. The SMILES string of the molecule is O=[N+]([O-])c1ccccc1S(=O)(=O)NCCCCCNS(=O)(=O)c1ccccc1[N+](=O)[O-].